The van der Waals surface area contributed by atoms with Gasteiger partial charge in [-0.1, -0.05) is 36.8 Å². The number of rotatable bonds is 4. The number of carbonyl (C=O) groups is 2. The van der Waals surface area contributed by atoms with Gasteiger partial charge in [0, 0.05) is 18.9 Å². The molecule has 2 fully saturated rings. The van der Waals surface area contributed by atoms with Crippen LogP contribution in [0.3, 0.4) is 0 Å². The van der Waals surface area contributed by atoms with Crippen LogP contribution < -0.4 is 0 Å². The van der Waals surface area contributed by atoms with Crippen LogP contribution in [0.15, 0.2) is 42.5 Å². The maximum absolute atomic E-state index is 11.9. The molecule has 146 valence electrons. The largest absolute Gasteiger partial charge is 0.516 e. The second kappa shape index (κ2) is 8.65. The van der Waals surface area contributed by atoms with E-state index in [9.17, 15) is 9.59 Å². The average Bonchev–Trinajstić information content (AvgIpc) is 2.69. The van der Waals surface area contributed by atoms with Gasteiger partial charge in [0.2, 0.25) is 5.79 Å². The van der Waals surface area contributed by atoms with Gasteiger partial charge in [-0.25, -0.2) is 14.5 Å². The summed E-state index contributed by atoms with van der Waals surface area (Å²) in [6, 6.07) is 9.30. The van der Waals surface area contributed by atoms with Crippen molar-refractivity contribution in [2.45, 2.75) is 50.4 Å². The maximum Gasteiger partial charge on any atom is 0.516 e. The molecular weight excluding hydrogens is 352 g/mol. The van der Waals surface area contributed by atoms with Gasteiger partial charge in [0.25, 0.3) is 0 Å². The van der Waals surface area contributed by atoms with E-state index in [0.29, 0.717) is 0 Å². The van der Waals surface area contributed by atoms with Gasteiger partial charge in [-0.05, 0) is 31.4 Å². The monoisotopic (exact) mass is 376 g/mol. The van der Waals surface area contributed by atoms with Crippen LogP contribution in [0, 0.1) is 0 Å². The first-order chi connectivity index (χ1) is 13.1. The third-order valence-corrected chi connectivity index (χ3v) is 4.70. The molecule has 1 spiro atoms. The van der Waals surface area contributed by atoms with Crippen LogP contribution in [0.25, 0.3) is 0 Å². The lowest BCUT2D eigenvalue weighted by Crippen LogP contribution is -2.50. The highest BCUT2D eigenvalue weighted by Crippen LogP contribution is 2.42. The molecule has 1 heterocycles. The molecule has 0 amide bonds. The lowest BCUT2D eigenvalue weighted by Gasteiger charge is -2.45. The van der Waals surface area contributed by atoms with Gasteiger partial charge in [0.1, 0.15) is 0 Å². The van der Waals surface area contributed by atoms with Crippen molar-refractivity contribution in [3.05, 3.63) is 48.0 Å². The van der Waals surface area contributed by atoms with Gasteiger partial charge in [-0.2, -0.15) is 4.89 Å². The molecule has 1 aromatic rings. The Hall–Kier alpha value is -2.22. The Balaban J connectivity index is 1.75. The Morgan fingerprint density at radius 2 is 1.85 bits per heavy atom. The fourth-order valence-corrected chi connectivity index (χ4v) is 3.25. The summed E-state index contributed by atoms with van der Waals surface area (Å²) < 4.78 is 15.2. The highest BCUT2D eigenvalue weighted by Gasteiger charge is 2.47. The highest BCUT2D eigenvalue weighted by atomic mass is 17.2. The van der Waals surface area contributed by atoms with Gasteiger partial charge in [-0.15, -0.1) is 0 Å². The zero-order valence-corrected chi connectivity index (χ0v) is 15.3. The molecule has 3 rings (SSSR count). The molecule has 1 aliphatic heterocycles. The van der Waals surface area contributed by atoms with Gasteiger partial charge in [-0.3, -0.25) is 0 Å². The van der Waals surface area contributed by atoms with E-state index in [1.54, 1.807) is 6.92 Å². The smallest absolute Gasteiger partial charge is 0.434 e. The maximum atomic E-state index is 11.9. The molecule has 0 bridgehead atoms. The van der Waals surface area contributed by atoms with Gasteiger partial charge in [0.15, 0.2) is 5.60 Å². The average molecular weight is 376 g/mol. The van der Waals surface area contributed by atoms with Crippen molar-refractivity contribution < 1.29 is 33.6 Å². The number of esters is 1. The van der Waals surface area contributed by atoms with Gasteiger partial charge >= 0.3 is 12.1 Å². The fourth-order valence-electron chi connectivity index (χ4n) is 3.25. The minimum atomic E-state index is -1.11. The highest BCUT2D eigenvalue weighted by molar-refractivity contribution is 5.90. The summed E-state index contributed by atoms with van der Waals surface area (Å²) in [5.74, 6) is -1.58. The van der Waals surface area contributed by atoms with E-state index in [1.165, 1.54) is 6.08 Å². The molecule has 1 saturated carbocycles. The minimum absolute atomic E-state index is 0.122. The lowest BCUT2D eigenvalue weighted by atomic mass is 9.91. The van der Waals surface area contributed by atoms with Crippen molar-refractivity contribution in [3.8, 4) is 0 Å². The SMILES string of the molecule is CCOC(=O)OC(=O)/C=C/C1(c2ccccc2)COC2(CCCCC2)OO1. The van der Waals surface area contributed by atoms with E-state index in [4.69, 9.17) is 14.5 Å². The van der Waals surface area contributed by atoms with Crippen molar-refractivity contribution in [2.75, 3.05) is 13.2 Å². The molecule has 1 aliphatic carbocycles. The van der Waals surface area contributed by atoms with Crippen LogP contribution in [-0.2, 0) is 34.4 Å². The summed E-state index contributed by atoms with van der Waals surface area (Å²) >= 11 is 0. The first-order valence-electron chi connectivity index (χ1n) is 9.22. The first-order valence-corrected chi connectivity index (χ1v) is 9.22. The zero-order valence-electron chi connectivity index (χ0n) is 15.3. The second-order valence-corrected chi connectivity index (χ2v) is 6.62. The van der Waals surface area contributed by atoms with E-state index in [2.05, 4.69) is 9.47 Å². The summed E-state index contributed by atoms with van der Waals surface area (Å²) in [7, 11) is 0. The van der Waals surface area contributed by atoms with E-state index in [1.807, 2.05) is 30.3 Å². The molecule has 2 aliphatic rings. The van der Waals surface area contributed by atoms with Crippen molar-refractivity contribution in [3.63, 3.8) is 0 Å². The molecule has 0 aromatic heterocycles. The summed E-state index contributed by atoms with van der Waals surface area (Å²) in [6.45, 7) is 1.93. The standard InChI is InChI=1S/C20H24O7/c1-2-23-18(22)25-17(21)11-14-19(16-9-5-3-6-10-16)15-24-20(27-26-19)12-7-4-8-13-20/h3,5-6,9-11,14H,2,4,7-8,12-13,15H2,1H3/b14-11+. The summed E-state index contributed by atoms with van der Waals surface area (Å²) in [4.78, 5) is 34.7. The zero-order chi connectivity index (χ0) is 19.2. The van der Waals surface area contributed by atoms with E-state index >= 15 is 0 Å². The molecule has 0 N–H and O–H groups in total. The Kier molecular flexibility index (Phi) is 6.26. The number of ether oxygens (including phenoxy) is 3. The number of carbonyl (C=O) groups excluding carboxylic acids is 2. The quantitative estimate of drug-likeness (QED) is 0.342. The summed E-state index contributed by atoms with van der Waals surface area (Å²) in [5.41, 5.74) is -0.353. The van der Waals surface area contributed by atoms with Crippen molar-refractivity contribution in [1.29, 1.82) is 0 Å². The minimum Gasteiger partial charge on any atom is -0.434 e. The van der Waals surface area contributed by atoms with Gasteiger partial charge < -0.3 is 14.2 Å². The molecular formula is C20H24O7. The predicted octanol–water partition coefficient (Wildman–Crippen LogP) is 3.78. The van der Waals surface area contributed by atoms with E-state index < -0.39 is 23.5 Å². The molecule has 27 heavy (non-hydrogen) atoms. The third kappa shape index (κ3) is 4.74. The topological polar surface area (TPSA) is 80.3 Å². The number of hydrogen-bond donors (Lipinski definition) is 0. The molecule has 1 atom stereocenters. The Morgan fingerprint density at radius 1 is 1.11 bits per heavy atom. The van der Waals surface area contributed by atoms with Crippen LogP contribution >= 0.6 is 0 Å². The molecule has 7 nitrogen and oxygen atoms in total. The molecule has 1 aromatic carbocycles. The lowest BCUT2D eigenvalue weighted by molar-refractivity contribution is -0.512. The van der Waals surface area contributed by atoms with Crippen molar-refractivity contribution in [2.24, 2.45) is 0 Å². The molecule has 1 saturated heterocycles. The van der Waals surface area contributed by atoms with E-state index in [0.717, 1.165) is 43.7 Å². The van der Waals surface area contributed by atoms with Crippen molar-refractivity contribution in [1.82, 2.24) is 0 Å². The van der Waals surface area contributed by atoms with Crippen LogP contribution in [0.4, 0.5) is 4.79 Å². The molecule has 7 heteroatoms. The molecule has 1 unspecified atom stereocenters. The van der Waals surface area contributed by atoms with Gasteiger partial charge in [0.05, 0.1) is 13.2 Å². The number of benzene rings is 1. The second-order valence-electron chi connectivity index (χ2n) is 6.62. The first kappa shape index (κ1) is 19.5. The predicted molar refractivity (Wildman–Crippen MR) is 94.3 cm³/mol. The Bertz CT molecular complexity index is 667. The Morgan fingerprint density at radius 3 is 2.48 bits per heavy atom. The summed E-state index contributed by atoms with van der Waals surface area (Å²) in [5, 5.41) is 0. The van der Waals surface area contributed by atoms with Crippen molar-refractivity contribution >= 4 is 12.1 Å². The Labute approximate surface area is 158 Å². The van der Waals surface area contributed by atoms with Crippen LogP contribution in [-0.4, -0.2) is 31.1 Å². The van der Waals surface area contributed by atoms with Crippen LogP contribution in [0.2, 0.25) is 0 Å². The third-order valence-electron chi connectivity index (χ3n) is 4.70. The normalized spacial score (nSPS) is 24.6. The molecule has 0 radical (unpaired) electrons. The number of hydrogen-bond acceptors (Lipinski definition) is 7. The van der Waals surface area contributed by atoms with Crippen LogP contribution in [0.1, 0.15) is 44.6 Å². The summed E-state index contributed by atoms with van der Waals surface area (Å²) in [6.07, 6.45) is 6.29. The van der Waals surface area contributed by atoms with Crippen LogP contribution in [0.5, 0.6) is 0 Å². The van der Waals surface area contributed by atoms with E-state index in [-0.39, 0.29) is 13.2 Å². The fraction of sp³-hybridized carbons (Fsp3) is 0.500.